The Bertz CT molecular complexity index is 1180. The van der Waals surface area contributed by atoms with Crippen molar-refractivity contribution in [2.45, 2.75) is 26.4 Å². The number of pyridine rings is 1. The molecule has 1 aromatic carbocycles. The highest BCUT2D eigenvalue weighted by molar-refractivity contribution is 6.32. The Balaban J connectivity index is 1.34. The number of rotatable bonds is 6. The summed E-state index contributed by atoms with van der Waals surface area (Å²) in [6.45, 7) is 12.3. The second-order valence-electron chi connectivity index (χ2n) is 9.48. The molecule has 0 radical (unpaired) electrons. The molecule has 0 saturated carbocycles. The number of carbonyl (C=O) groups is 1. The van der Waals surface area contributed by atoms with Crippen LogP contribution in [0.4, 0.5) is 15.9 Å². The SMILES string of the molecule is CCOCCN1CCN(c2ccc(C3=CC(=C4C(=O)Nc5cc(F)ccc54)OC3(C)C)cn2)CC1. The maximum Gasteiger partial charge on any atom is 0.260 e. The number of allylic oxidation sites excluding steroid dienone is 1. The van der Waals surface area contributed by atoms with Crippen molar-refractivity contribution in [3.05, 3.63) is 65.3 Å². The first-order chi connectivity index (χ1) is 16.9. The van der Waals surface area contributed by atoms with Crippen molar-refractivity contribution in [1.82, 2.24) is 9.88 Å². The number of hydrogen-bond donors (Lipinski definition) is 1. The Hall–Kier alpha value is -3.23. The van der Waals surface area contributed by atoms with E-state index in [9.17, 15) is 9.18 Å². The van der Waals surface area contributed by atoms with Gasteiger partial charge in [0.15, 0.2) is 0 Å². The highest BCUT2D eigenvalue weighted by Crippen LogP contribution is 2.44. The second kappa shape index (κ2) is 9.43. The molecule has 5 rings (SSSR count). The van der Waals surface area contributed by atoms with E-state index in [0.29, 0.717) is 22.6 Å². The maximum absolute atomic E-state index is 13.6. The summed E-state index contributed by atoms with van der Waals surface area (Å²) in [7, 11) is 0. The summed E-state index contributed by atoms with van der Waals surface area (Å²) >= 11 is 0. The van der Waals surface area contributed by atoms with E-state index < -0.39 is 11.4 Å². The number of fused-ring (bicyclic) bond motifs is 1. The zero-order valence-electron chi connectivity index (χ0n) is 20.4. The zero-order chi connectivity index (χ0) is 24.6. The standard InChI is InChI=1S/C27H31FN4O3/c1-4-34-14-13-31-9-11-32(12-10-31)24-8-5-18(17-29-24)21-16-23(35-27(21,2)3)25-20-7-6-19(28)15-22(20)30-26(25)33/h5-8,15-17H,4,9-14H2,1-3H3,(H,30,33). The van der Waals surface area contributed by atoms with Crippen LogP contribution in [0.1, 0.15) is 31.9 Å². The summed E-state index contributed by atoms with van der Waals surface area (Å²) < 4.78 is 25.3. The van der Waals surface area contributed by atoms with E-state index in [2.05, 4.69) is 21.2 Å². The average molecular weight is 479 g/mol. The van der Waals surface area contributed by atoms with Crippen molar-refractivity contribution in [3.8, 4) is 0 Å². The molecule has 1 amide bonds. The molecule has 0 spiro atoms. The van der Waals surface area contributed by atoms with Gasteiger partial charge in [-0.3, -0.25) is 9.69 Å². The van der Waals surface area contributed by atoms with Crippen molar-refractivity contribution < 1.29 is 18.7 Å². The predicted octanol–water partition coefficient (Wildman–Crippen LogP) is 3.93. The molecular weight excluding hydrogens is 447 g/mol. The highest BCUT2D eigenvalue weighted by Gasteiger charge is 2.38. The van der Waals surface area contributed by atoms with Crippen LogP contribution in [0, 0.1) is 5.82 Å². The van der Waals surface area contributed by atoms with E-state index in [-0.39, 0.29) is 5.91 Å². The topological polar surface area (TPSA) is 66.9 Å². The molecule has 184 valence electrons. The first-order valence-corrected chi connectivity index (χ1v) is 12.1. The van der Waals surface area contributed by atoms with E-state index in [1.807, 2.05) is 39.1 Å². The number of halogens is 1. The van der Waals surface area contributed by atoms with Crippen LogP contribution in [-0.4, -0.2) is 67.3 Å². The van der Waals surface area contributed by atoms with Crippen LogP contribution < -0.4 is 10.2 Å². The highest BCUT2D eigenvalue weighted by atomic mass is 19.1. The number of aromatic nitrogens is 1. The van der Waals surface area contributed by atoms with E-state index >= 15 is 0 Å². The summed E-state index contributed by atoms with van der Waals surface area (Å²) in [4.78, 5) is 22.1. The van der Waals surface area contributed by atoms with Gasteiger partial charge in [0.1, 0.15) is 23.0 Å². The maximum atomic E-state index is 13.6. The number of carbonyl (C=O) groups excluding carboxylic acids is 1. The minimum absolute atomic E-state index is 0.289. The van der Waals surface area contributed by atoms with Gasteiger partial charge in [-0.15, -0.1) is 0 Å². The van der Waals surface area contributed by atoms with Crippen molar-refractivity contribution in [3.63, 3.8) is 0 Å². The van der Waals surface area contributed by atoms with Gasteiger partial charge >= 0.3 is 0 Å². The second-order valence-corrected chi connectivity index (χ2v) is 9.48. The summed E-state index contributed by atoms with van der Waals surface area (Å²) in [6.07, 6.45) is 3.78. The van der Waals surface area contributed by atoms with Crippen LogP contribution >= 0.6 is 0 Å². The van der Waals surface area contributed by atoms with Gasteiger partial charge in [-0.05, 0) is 57.2 Å². The van der Waals surface area contributed by atoms with Gasteiger partial charge in [0.25, 0.3) is 5.91 Å². The van der Waals surface area contributed by atoms with Crippen molar-refractivity contribution in [1.29, 1.82) is 0 Å². The smallest absolute Gasteiger partial charge is 0.260 e. The van der Waals surface area contributed by atoms with E-state index in [4.69, 9.17) is 14.5 Å². The number of nitrogens with one attached hydrogen (secondary N) is 1. The molecular formula is C27H31FN4O3. The van der Waals surface area contributed by atoms with Crippen LogP contribution in [0.15, 0.2) is 48.4 Å². The molecule has 8 heteroatoms. The largest absolute Gasteiger partial charge is 0.482 e. The molecule has 7 nitrogen and oxygen atoms in total. The van der Waals surface area contributed by atoms with E-state index in [0.717, 1.165) is 62.9 Å². The number of anilines is 2. The van der Waals surface area contributed by atoms with Gasteiger partial charge in [0, 0.05) is 62.2 Å². The average Bonchev–Trinajstić information content (AvgIpc) is 3.33. The van der Waals surface area contributed by atoms with Gasteiger partial charge in [-0.1, -0.05) is 0 Å². The molecule has 3 aliphatic rings. The fourth-order valence-corrected chi connectivity index (χ4v) is 4.88. The van der Waals surface area contributed by atoms with Gasteiger partial charge in [-0.25, -0.2) is 9.37 Å². The fraction of sp³-hybridized carbons (Fsp3) is 0.407. The molecule has 1 N–H and O–H groups in total. The first-order valence-electron chi connectivity index (χ1n) is 12.1. The molecule has 35 heavy (non-hydrogen) atoms. The van der Waals surface area contributed by atoms with Crippen molar-refractivity contribution in [2.75, 3.05) is 56.2 Å². The van der Waals surface area contributed by atoms with Crippen LogP contribution in [-0.2, 0) is 14.3 Å². The van der Waals surface area contributed by atoms with Crippen LogP contribution in [0.5, 0.6) is 0 Å². The summed E-state index contributed by atoms with van der Waals surface area (Å²) in [5.41, 5.74) is 2.79. The minimum atomic E-state index is -0.638. The Labute approximate surface area is 205 Å². The van der Waals surface area contributed by atoms with Gasteiger partial charge in [0.2, 0.25) is 0 Å². The lowest BCUT2D eigenvalue weighted by Gasteiger charge is -2.35. The fourth-order valence-electron chi connectivity index (χ4n) is 4.88. The Morgan fingerprint density at radius 2 is 1.97 bits per heavy atom. The Morgan fingerprint density at radius 3 is 2.69 bits per heavy atom. The molecule has 3 aliphatic heterocycles. The lowest BCUT2D eigenvalue weighted by Crippen LogP contribution is -2.47. The van der Waals surface area contributed by atoms with Crippen LogP contribution in [0.2, 0.25) is 0 Å². The summed E-state index contributed by atoms with van der Waals surface area (Å²) in [5.74, 6) is 0.764. The number of nitrogens with zero attached hydrogens (tertiary/aromatic N) is 3. The third-order valence-corrected chi connectivity index (χ3v) is 6.77. The molecule has 1 fully saturated rings. The molecule has 1 aromatic heterocycles. The van der Waals surface area contributed by atoms with E-state index in [1.54, 1.807) is 6.07 Å². The number of ether oxygens (including phenoxy) is 2. The van der Waals surface area contributed by atoms with Gasteiger partial charge < -0.3 is 19.7 Å². The normalized spacial score (nSPS) is 21.5. The lowest BCUT2D eigenvalue weighted by atomic mass is 9.93. The zero-order valence-corrected chi connectivity index (χ0v) is 20.4. The van der Waals surface area contributed by atoms with Gasteiger partial charge in [-0.2, -0.15) is 0 Å². The predicted molar refractivity (Wildman–Crippen MR) is 134 cm³/mol. The molecule has 0 atom stereocenters. The molecule has 4 heterocycles. The Kier molecular flexibility index (Phi) is 6.34. The van der Waals surface area contributed by atoms with Crippen LogP contribution in [0.3, 0.4) is 0 Å². The molecule has 0 unspecified atom stereocenters. The quantitative estimate of drug-likeness (QED) is 0.501. The number of benzene rings is 1. The van der Waals surface area contributed by atoms with Crippen molar-refractivity contribution >= 4 is 28.6 Å². The molecule has 2 aromatic rings. The summed E-state index contributed by atoms with van der Waals surface area (Å²) in [6, 6.07) is 8.40. The third kappa shape index (κ3) is 4.68. The van der Waals surface area contributed by atoms with Gasteiger partial charge in [0.05, 0.1) is 17.9 Å². The molecule has 0 bridgehead atoms. The summed E-state index contributed by atoms with van der Waals surface area (Å²) in [5, 5.41) is 2.73. The first kappa shape index (κ1) is 23.5. The number of amides is 1. The third-order valence-electron chi connectivity index (χ3n) is 6.77. The lowest BCUT2D eigenvalue weighted by molar-refractivity contribution is -0.111. The van der Waals surface area contributed by atoms with Crippen molar-refractivity contribution in [2.24, 2.45) is 0 Å². The molecule has 0 aliphatic carbocycles. The minimum Gasteiger partial charge on any atom is -0.482 e. The molecule has 1 saturated heterocycles. The number of hydrogen-bond acceptors (Lipinski definition) is 6. The number of piperazine rings is 1. The monoisotopic (exact) mass is 478 g/mol. The van der Waals surface area contributed by atoms with Crippen LogP contribution in [0.25, 0.3) is 11.1 Å². The Morgan fingerprint density at radius 1 is 1.17 bits per heavy atom. The van der Waals surface area contributed by atoms with E-state index in [1.165, 1.54) is 12.1 Å².